The number of unbranched alkanes of at least 4 members (excludes halogenated alkanes) is 2. The van der Waals surface area contributed by atoms with E-state index < -0.39 is 0 Å². The average Bonchev–Trinajstić information content (AvgIpc) is 2.55. The van der Waals surface area contributed by atoms with Gasteiger partial charge >= 0.3 is 0 Å². The molecule has 0 N–H and O–H groups in total. The van der Waals surface area contributed by atoms with Gasteiger partial charge in [0.1, 0.15) is 0 Å². The molecule has 0 saturated heterocycles. The first-order valence-electron chi connectivity index (χ1n) is 10.2. The van der Waals surface area contributed by atoms with E-state index in [1.54, 1.807) is 0 Å². The van der Waals surface area contributed by atoms with Gasteiger partial charge in [0.2, 0.25) is 0 Å². The van der Waals surface area contributed by atoms with Gasteiger partial charge in [0.25, 0.3) is 0 Å². The molecule has 0 rings (SSSR count). The first-order valence-corrected chi connectivity index (χ1v) is 10.2. The van der Waals surface area contributed by atoms with Gasteiger partial charge in [0.05, 0.1) is 0 Å². The van der Waals surface area contributed by atoms with Gasteiger partial charge in [0, 0.05) is 11.6 Å². The summed E-state index contributed by atoms with van der Waals surface area (Å²) in [6.45, 7) is 19.3. The molecular weight excluding hydrogens is 280 g/mol. The zero-order valence-electron chi connectivity index (χ0n) is 17.8. The molecule has 0 heterocycles. The fourth-order valence-corrected chi connectivity index (χ4v) is 4.02. The third-order valence-corrected chi connectivity index (χ3v) is 6.59. The van der Waals surface area contributed by atoms with E-state index in [9.17, 15) is 0 Å². The van der Waals surface area contributed by atoms with E-state index in [1.807, 2.05) is 0 Å². The Morgan fingerprint density at radius 1 is 0.826 bits per heavy atom. The highest BCUT2D eigenvalue weighted by Gasteiger charge is 2.42. The molecule has 0 aromatic heterocycles. The highest BCUT2D eigenvalue weighted by Crippen LogP contribution is 2.37. The standard InChI is InChI=1S/C21H46N2/c1-10-13-16-22(8)20(6)19(5)21(7,18(4)15-12-3)23(9)17-14-11-2/h18-20H,10-17H2,1-9H3. The zero-order chi connectivity index (χ0) is 18.0. The molecule has 0 radical (unpaired) electrons. The SMILES string of the molecule is CCCCN(C)C(C)C(C)C(C)(C(C)CCC)N(C)CCCC. The van der Waals surface area contributed by atoms with E-state index in [-0.39, 0.29) is 5.54 Å². The smallest absolute Gasteiger partial charge is 0.0244 e. The van der Waals surface area contributed by atoms with Crippen molar-refractivity contribution in [2.75, 3.05) is 27.2 Å². The Bertz CT molecular complexity index is 292. The molecule has 0 fully saturated rings. The second-order valence-electron chi connectivity index (χ2n) is 8.05. The number of hydrogen-bond acceptors (Lipinski definition) is 2. The maximum absolute atomic E-state index is 2.67. The Balaban J connectivity index is 5.23. The van der Waals surface area contributed by atoms with E-state index in [1.165, 1.54) is 51.6 Å². The van der Waals surface area contributed by atoms with Gasteiger partial charge in [-0.3, -0.25) is 0 Å². The number of rotatable bonds is 13. The van der Waals surface area contributed by atoms with Crippen LogP contribution in [-0.2, 0) is 0 Å². The fourth-order valence-electron chi connectivity index (χ4n) is 4.02. The van der Waals surface area contributed by atoms with Gasteiger partial charge in [-0.2, -0.15) is 0 Å². The molecule has 0 amide bonds. The van der Waals surface area contributed by atoms with Gasteiger partial charge in [-0.15, -0.1) is 0 Å². The minimum Gasteiger partial charge on any atom is -0.303 e. The molecule has 4 unspecified atom stereocenters. The van der Waals surface area contributed by atoms with Crippen LogP contribution in [0.1, 0.15) is 87.0 Å². The zero-order valence-corrected chi connectivity index (χ0v) is 17.8. The predicted molar refractivity (Wildman–Crippen MR) is 106 cm³/mol. The van der Waals surface area contributed by atoms with Gasteiger partial charge in [-0.05, 0) is 72.1 Å². The summed E-state index contributed by atoms with van der Waals surface area (Å²) >= 11 is 0. The summed E-state index contributed by atoms with van der Waals surface area (Å²) in [6, 6.07) is 0.620. The van der Waals surface area contributed by atoms with Crippen molar-refractivity contribution in [3.63, 3.8) is 0 Å². The van der Waals surface area contributed by atoms with Crippen LogP contribution < -0.4 is 0 Å². The molecule has 2 heteroatoms. The monoisotopic (exact) mass is 326 g/mol. The minimum absolute atomic E-state index is 0.269. The summed E-state index contributed by atoms with van der Waals surface area (Å²) in [5.41, 5.74) is 0.269. The molecule has 2 nitrogen and oxygen atoms in total. The lowest BCUT2D eigenvalue weighted by Crippen LogP contribution is -2.58. The topological polar surface area (TPSA) is 6.48 Å². The molecule has 0 spiro atoms. The quantitative estimate of drug-likeness (QED) is 0.430. The molecule has 0 aliphatic heterocycles. The van der Waals surface area contributed by atoms with Crippen LogP contribution in [0.3, 0.4) is 0 Å². The third kappa shape index (κ3) is 6.38. The van der Waals surface area contributed by atoms with Gasteiger partial charge in [-0.25, -0.2) is 0 Å². The van der Waals surface area contributed by atoms with Crippen molar-refractivity contribution in [2.24, 2.45) is 11.8 Å². The number of hydrogen-bond donors (Lipinski definition) is 0. The van der Waals surface area contributed by atoms with E-state index in [2.05, 4.69) is 72.4 Å². The van der Waals surface area contributed by atoms with Crippen LogP contribution in [-0.4, -0.2) is 48.6 Å². The molecule has 0 aromatic rings. The second-order valence-corrected chi connectivity index (χ2v) is 8.05. The Hall–Kier alpha value is -0.0800. The lowest BCUT2D eigenvalue weighted by atomic mass is 9.70. The second kappa shape index (κ2) is 11.5. The van der Waals surface area contributed by atoms with Crippen LogP contribution in [0.2, 0.25) is 0 Å². The summed E-state index contributed by atoms with van der Waals surface area (Å²) in [7, 11) is 4.67. The molecule has 0 bridgehead atoms. The van der Waals surface area contributed by atoms with Gasteiger partial charge in [0.15, 0.2) is 0 Å². The highest BCUT2D eigenvalue weighted by atomic mass is 15.2. The first-order chi connectivity index (χ1) is 10.8. The van der Waals surface area contributed by atoms with E-state index in [0.717, 1.165) is 5.92 Å². The molecule has 4 atom stereocenters. The third-order valence-electron chi connectivity index (χ3n) is 6.59. The molecule has 0 saturated carbocycles. The van der Waals surface area contributed by atoms with Crippen molar-refractivity contribution in [1.82, 2.24) is 9.80 Å². The summed E-state index contributed by atoms with van der Waals surface area (Å²) in [5, 5.41) is 0. The largest absolute Gasteiger partial charge is 0.303 e. The number of nitrogens with zero attached hydrogens (tertiary/aromatic N) is 2. The molecule has 0 aromatic carbocycles. The molecular formula is C21H46N2. The van der Waals surface area contributed by atoms with E-state index in [0.29, 0.717) is 12.0 Å². The minimum atomic E-state index is 0.269. The average molecular weight is 327 g/mol. The molecule has 0 aliphatic rings. The van der Waals surface area contributed by atoms with Crippen molar-refractivity contribution in [1.29, 1.82) is 0 Å². The summed E-state index contributed by atoms with van der Waals surface area (Å²) in [4.78, 5) is 5.25. The van der Waals surface area contributed by atoms with Crippen molar-refractivity contribution in [3.8, 4) is 0 Å². The van der Waals surface area contributed by atoms with Crippen LogP contribution in [0.25, 0.3) is 0 Å². The van der Waals surface area contributed by atoms with Crippen LogP contribution in [0.4, 0.5) is 0 Å². The molecule has 140 valence electrons. The Morgan fingerprint density at radius 2 is 1.35 bits per heavy atom. The summed E-state index contributed by atoms with van der Waals surface area (Å²) in [5.74, 6) is 1.39. The van der Waals surface area contributed by atoms with Crippen molar-refractivity contribution in [3.05, 3.63) is 0 Å². The highest BCUT2D eigenvalue weighted by molar-refractivity contribution is 4.97. The lowest BCUT2D eigenvalue weighted by molar-refractivity contribution is -0.0109. The van der Waals surface area contributed by atoms with E-state index in [4.69, 9.17) is 0 Å². The maximum atomic E-state index is 2.67. The predicted octanol–water partition coefficient (Wildman–Crippen LogP) is 5.67. The lowest BCUT2D eigenvalue weighted by Gasteiger charge is -2.51. The maximum Gasteiger partial charge on any atom is 0.0244 e. The van der Waals surface area contributed by atoms with Gasteiger partial charge in [-0.1, -0.05) is 53.9 Å². The van der Waals surface area contributed by atoms with Crippen LogP contribution in [0.5, 0.6) is 0 Å². The van der Waals surface area contributed by atoms with Gasteiger partial charge < -0.3 is 9.80 Å². The fraction of sp³-hybridized carbons (Fsp3) is 1.00. The van der Waals surface area contributed by atoms with Crippen LogP contribution in [0, 0.1) is 11.8 Å². The van der Waals surface area contributed by atoms with Crippen molar-refractivity contribution >= 4 is 0 Å². The Labute approximate surface area is 148 Å². The molecule has 0 aliphatic carbocycles. The van der Waals surface area contributed by atoms with Crippen LogP contribution in [0.15, 0.2) is 0 Å². The van der Waals surface area contributed by atoms with Crippen molar-refractivity contribution < 1.29 is 0 Å². The Kier molecular flexibility index (Phi) is 11.4. The first kappa shape index (κ1) is 22.9. The van der Waals surface area contributed by atoms with Crippen LogP contribution >= 0.6 is 0 Å². The normalized spacial score (nSPS) is 18.9. The summed E-state index contributed by atoms with van der Waals surface area (Å²) < 4.78 is 0. The molecule has 23 heavy (non-hydrogen) atoms. The van der Waals surface area contributed by atoms with E-state index >= 15 is 0 Å². The Morgan fingerprint density at radius 3 is 1.83 bits per heavy atom. The van der Waals surface area contributed by atoms with Crippen molar-refractivity contribution in [2.45, 2.75) is 98.6 Å². The summed E-state index contributed by atoms with van der Waals surface area (Å²) in [6.07, 6.45) is 7.78.